The number of benzene rings is 3. The van der Waals surface area contributed by atoms with Crippen LogP contribution < -0.4 is 9.47 Å². The highest BCUT2D eigenvalue weighted by Crippen LogP contribution is 2.34. The molecule has 3 rings (SSSR count). The fourth-order valence-electron chi connectivity index (χ4n) is 2.22. The number of carbonyl (C=O) groups is 1. The van der Waals surface area contributed by atoms with E-state index in [1.54, 1.807) is 54.6 Å². The lowest BCUT2D eigenvalue weighted by Crippen LogP contribution is -2.09. The van der Waals surface area contributed by atoms with Crippen molar-refractivity contribution in [1.29, 1.82) is 0 Å². The molecule has 0 radical (unpaired) electrons. The highest BCUT2D eigenvalue weighted by Gasteiger charge is 2.13. The summed E-state index contributed by atoms with van der Waals surface area (Å²) >= 11 is 0. The SMILES string of the molecule is COc1cc2cc(O)ccc2cc1OC(=O)c1ccccc1. The molecule has 3 aromatic carbocycles. The average molecular weight is 294 g/mol. The zero-order valence-corrected chi connectivity index (χ0v) is 11.9. The van der Waals surface area contributed by atoms with Crippen molar-refractivity contribution < 1.29 is 19.4 Å². The first-order valence-electron chi connectivity index (χ1n) is 6.75. The van der Waals surface area contributed by atoms with Crippen LogP contribution in [0.5, 0.6) is 17.2 Å². The second-order valence-electron chi connectivity index (χ2n) is 4.79. The van der Waals surface area contributed by atoms with Gasteiger partial charge < -0.3 is 14.6 Å². The number of ether oxygens (including phenoxy) is 2. The number of esters is 1. The molecule has 0 heterocycles. The van der Waals surface area contributed by atoms with E-state index < -0.39 is 5.97 Å². The molecule has 0 aliphatic heterocycles. The molecule has 110 valence electrons. The van der Waals surface area contributed by atoms with Gasteiger partial charge in [0.05, 0.1) is 12.7 Å². The predicted molar refractivity (Wildman–Crippen MR) is 83.6 cm³/mol. The molecule has 0 saturated carbocycles. The van der Waals surface area contributed by atoms with Crippen LogP contribution in [0.15, 0.2) is 60.7 Å². The fraction of sp³-hybridized carbons (Fsp3) is 0.0556. The van der Waals surface area contributed by atoms with Crippen LogP contribution >= 0.6 is 0 Å². The van der Waals surface area contributed by atoms with E-state index in [4.69, 9.17) is 9.47 Å². The van der Waals surface area contributed by atoms with Gasteiger partial charge in [0.2, 0.25) is 0 Å². The smallest absolute Gasteiger partial charge is 0.343 e. The monoisotopic (exact) mass is 294 g/mol. The summed E-state index contributed by atoms with van der Waals surface area (Å²) in [7, 11) is 1.50. The van der Waals surface area contributed by atoms with Gasteiger partial charge in [0.25, 0.3) is 0 Å². The Bertz CT molecular complexity index is 825. The first-order valence-corrected chi connectivity index (χ1v) is 6.75. The molecule has 0 bridgehead atoms. The van der Waals surface area contributed by atoms with Crippen LogP contribution in [0.1, 0.15) is 10.4 Å². The molecule has 0 aliphatic carbocycles. The number of aromatic hydroxyl groups is 1. The van der Waals surface area contributed by atoms with E-state index in [0.717, 1.165) is 10.8 Å². The highest BCUT2D eigenvalue weighted by molar-refractivity contribution is 5.93. The highest BCUT2D eigenvalue weighted by atomic mass is 16.6. The first kappa shape index (κ1) is 13.9. The van der Waals surface area contributed by atoms with Crippen molar-refractivity contribution in [3.8, 4) is 17.2 Å². The minimum atomic E-state index is -0.447. The van der Waals surface area contributed by atoms with Crippen molar-refractivity contribution in [1.82, 2.24) is 0 Å². The van der Waals surface area contributed by atoms with Gasteiger partial charge in [-0.1, -0.05) is 24.3 Å². The summed E-state index contributed by atoms with van der Waals surface area (Å²) in [5.41, 5.74) is 0.468. The third-order valence-corrected chi connectivity index (χ3v) is 3.32. The van der Waals surface area contributed by atoms with Gasteiger partial charge in [-0.05, 0) is 47.2 Å². The zero-order chi connectivity index (χ0) is 15.5. The van der Waals surface area contributed by atoms with Gasteiger partial charge in [-0.15, -0.1) is 0 Å². The second kappa shape index (κ2) is 5.77. The van der Waals surface area contributed by atoms with Crippen molar-refractivity contribution in [3.05, 3.63) is 66.2 Å². The van der Waals surface area contributed by atoms with Crippen molar-refractivity contribution >= 4 is 16.7 Å². The Morgan fingerprint density at radius 2 is 1.64 bits per heavy atom. The van der Waals surface area contributed by atoms with Crippen LogP contribution in [0, 0.1) is 0 Å². The van der Waals surface area contributed by atoms with Crippen molar-refractivity contribution in [2.75, 3.05) is 7.11 Å². The minimum Gasteiger partial charge on any atom is -0.508 e. The Labute approximate surface area is 127 Å². The average Bonchev–Trinajstić information content (AvgIpc) is 2.55. The topological polar surface area (TPSA) is 55.8 Å². The van der Waals surface area contributed by atoms with E-state index in [1.165, 1.54) is 7.11 Å². The number of rotatable bonds is 3. The van der Waals surface area contributed by atoms with E-state index in [2.05, 4.69) is 0 Å². The van der Waals surface area contributed by atoms with Crippen molar-refractivity contribution in [2.45, 2.75) is 0 Å². The largest absolute Gasteiger partial charge is 0.508 e. The maximum absolute atomic E-state index is 12.2. The number of phenols is 1. The molecule has 4 nitrogen and oxygen atoms in total. The molecule has 0 unspecified atom stereocenters. The molecule has 3 aromatic rings. The lowest BCUT2D eigenvalue weighted by molar-refractivity contribution is 0.0730. The number of hydrogen-bond acceptors (Lipinski definition) is 4. The van der Waals surface area contributed by atoms with Gasteiger partial charge in [0.1, 0.15) is 5.75 Å². The Morgan fingerprint density at radius 1 is 0.909 bits per heavy atom. The lowest BCUT2D eigenvalue weighted by Gasteiger charge is -2.11. The Morgan fingerprint density at radius 3 is 2.36 bits per heavy atom. The van der Waals surface area contributed by atoms with Gasteiger partial charge in [-0.25, -0.2) is 4.79 Å². The Hall–Kier alpha value is -3.01. The summed E-state index contributed by atoms with van der Waals surface area (Å²) < 4.78 is 10.7. The van der Waals surface area contributed by atoms with Crippen LogP contribution in [0.2, 0.25) is 0 Å². The zero-order valence-electron chi connectivity index (χ0n) is 11.9. The van der Waals surface area contributed by atoms with Crippen LogP contribution in [0.4, 0.5) is 0 Å². The van der Waals surface area contributed by atoms with E-state index >= 15 is 0 Å². The van der Waals surface area contributed by atoms with Crippen molar-refractivity contribution in [3.63, 3.8) is 0 Å². The predicted octanol–water partition coefficient (Wildman–Crippen LogP) is 3.77. The molecule has 1 N–H and O–H groups in total. The lowest BCUT2D eigenvalue weighted by atomic mass is 10.1. The van der Waals surface area contributed by atoms with Gasteiger partial charge in [-0.2, -0.15) is 0 Å². The molecule has 4 heteroatoms. The quantitative estimate of drug-likeness (QED) is 0.590. The molecule has 0 aromatic heterocycles. The first-order chi connectivity index (χ1) is 10.7. The molecule has 0 spiro atoms. The summed E-state index contributed by atoms with van der Waals surface area (Å²) in [6, 6.07) is 17.2. The number of hydrogen-bond donors (Lipinski definition) is 1. The van der Waals surface area contributed by atoms with Gasteiger partial charge >= 0.3 is 5.97 Å². The van der Waals surface area contributed by atoms with Crippen molar-refractivity contribution in [2.24, 2.45) is 0 Å². The summed E-state index contributed by atoms with van der Waals surface area (Å²) in [4.78, 5) is 12.2. The summed E-state index contributed by atoms with van der Waals surface area (Å²) in [6.07, 6.45) is 0. The number of methoxy groups -OCH3 is 1. The Kier molecular flexibility index (Phi) is 3.66. The van der Waals surface area contributed by atoms with E-state index in [1.807, 2.05) is 6.07 Å². The van der Waals surface area contributed by atoms with Crippen LogP contribution in [-0.2, 0) is 0 Å². The van der Waals surface area contributed by atoms with Gasteiger partial charge in [-0.3, -0.25) is 0 Å². The number of carbonyl (C=O) groups excluding carboxylic acids is 1. The minimum absolute atomic E-state index is 0.170. The van der Waals surface area contributed by atoms with E-state index in [9.17, 15) is 9.90 Å². The van der Waals surface area contributed by atoms with E-state index in [0.29, 0.717) is 17.1 Å². The van der Waals surface area contributed by atoms with E-state index in [-0.39, 0.29) is 5.75 Å². The fourth-order valence-corrected chi connectivity index (χ4v) is 2.22. The molecule has 0 saturated heterocycles. The molecule has 0 amide bonds. The van der Waals surface area contributed by atoms with Gasteiger partial charge in [0.15, 0.2) is 11.5 Å². The molecular weight excluding hydrogens is 280 g/mol. The second-order valence-corrected chi connectivity index (χ2v) is 4.79. The van der Waals surface area contributed by atoms with Crippen LogP contribution in [0.3, 0.4) is 0 Å². The van der Waals surface area contributed by atoms with Crippen LogP contribution in [0.25, 0.3) is 10.8 Å². The molecule has 22 heavy (non-hydrogen) atoms. The summed E-state index contributed by atoms with van der Waals surface area (Å²) in [6.45, 7) is 0. The molecule has 0 aliphatic rings. The standard InChI is InChI=1S/C18H14O4/c1-21-16-11-14-9-15(19)8-7-13(14)10-17(16)22-18(20)12-5-3-2-4-6-12/h2-11,19H,1H3. The molecule has 0 atom stereocenters. The molecule has 0 fully saturated rings. The maximum Gasteiger partial charge on any atom is 0.343 e. The maximum atomic E-state index is 12.2. The van der Waals surface area contributed by atoms with Gasteiger partial charge in [0, 0.05) is 0 Å². The summed E-state index contributed by atoms with van der Waals surface area (Å²) in [5, 5.41) is 11.2. The third-order valence-electron chi connectivity index (χ3n) is 3.32. The molecular formula is C18H14O4. The van der Waals surface area contributed by atoms with Crippen LogP contribution in [-0.4, -0.2) is 18.2 Å². The number of fused-ring (bicyclic) bond motifs is 1. The summed E-state index contributed by atoms with van der Waals surface area (Å²) in [5.74, 6) is 0.498. The Balaban J connectivity index is 1.99. The normalized spacial score (nSPS) is 10.4. The third kappa shape index (κ3) is 2.72. The number of phenolic OH excluding ortho intramolecular Hbond substituents is 1.